The van der Waals surface area contributed by atoms with Gasteiger partial charge in [0, 0.05) is 11.5 Å². The van der Waals surface area contributed by atoms with Gasteiger partial charge in [-0.25, -0.2) is 0 Å². The molecule has 1 nitrogen and oxygen atoms in total. The molecule has 0 radical (unpaired) electrons. The minimum absolute atomic E-state index is 0.166. The van der Waals surface area contributed by atoms with E-state index in [0.717, 1.165) is 18.4 Å². The number of hydrogen-bond donors (Lipinski definition) is 0. The normalized spacial score (nSPS) is 27.4. The van der Waals surface area contributed by atoms with Gasteiger partial charge in [0.1, 0.15) is 0 Å². The molecule has 0 bridgehead atoms. The zero-order valence-corrected chi connectivity index (χ0v) is 11.7. The molecule has 0 fully saturated rings. The van der Waals surface area contributed by atoms with Crippen molar-refractivity contribution in [3.05, 3.63) is 70.8 Å². The number of carbonyl (C=O) groups excluding carboxylic acids is 1. The van der Waals surface area contributed by atoms with Crippen molar-refractivity contribution in [3.8, 4) is 0 Å². The Balaban J connectivity index is 1.82. The highest BCUT2D eigenvalue weighted by molar-refractivity contribution is 6.01. The maximum Gasteiger partial charge on any atom is 0.167 e. The molecule has 0 saturated carbocycles. The summed E-state index contributed by atoms with van der Waals surface area (Å²) in [6.45, 7) is 2.22. The first-order chi connectivity index (χ1) is 9.75. The van der Waals surface area contributed by atoms with Crippen LogP contribution >= 0.6 is 0 Å². The molecule has 100 valence electrons. The summed E-state index contributed by atoms with van der Waals surface area (Å²) in [7, 11) is 0. The summed E-state index contributed by atoms with van der Waals surface area (Å²) in [6.07, 6.45) is 2.09. The maximum absolute atomic E-state index is 12.9. The minimum Gasteiger partial charge on any atom is -0.294 e. The molecule has 2 aliphatic carbocycles. The lowest BCUT2D eigenvalue weighted by atomic mass is 9.62. The fraction of sp³-hybridized carbons (Fsp3) is 0.316. The summed E-state index contributed by atoms with van der Waals surface area (Å²) in [4.78, 5) is 12.9. The molecule has 0 N–H and O–H groups in total. The van der Waals surface area contributed by atoms with E-state index in [9.17, 15) is 4.79 Å². The highest BCUT2D eigenvalue weighted by atomic mass is 16.1. The summed E-state index contributed by atoms with van der Waals surface area (Å²) >= 11 is 0. The topological polar surface area (TPSA) is 17.1 Å². The second-order valence-corrected chi connectivity index (χ2v) is 6.20. The average Bonchev–Trinajstić information content (AvgIpc) is 2.47. The summed E-state index contributed by atoms with van der Waals surface area (Å²) in [5.74, 6) is 1.34. The van der Waals surface area contributed by atoms with E-state index < -0.39 is 0 Å². The molecular formula is C19H18O. The largest absolute Gasteiger partial charge is 0.294 e. The van der Waals surface area contributed by atoms with Gasteiger partial charge in [0.25, 0.3) is 0 Å². The Bertz CT molecular complexity index is 686. The van der Waals surface area contributed by atoms with Gasteiger partial charge >= 0.3 is 0 Å². The van der Waals surface area contributed by atoms with Gasteiger partial charge in [0.15, 0.2) is 5.78 Å². The molecule has 0 saturated heterocycles. The molecule has 1 heteroatoms. The van der Waals surface area contributed by atoms with E-state index in [1.165, 1.54) is 16.7 Å². The number of hydrogen-bond acceptors (Lipinski definition) is 1. The van der Waals surface area contributed by atoms with E-state index >= 15 is 0 Å². The fourth-order valence-corrected chi connectivity index (χ4v) is 4.22. The summed E-state index contributed by atoms with van der Waals surface area (Å²) in [5.41, 5.74) is 5.01. The maximum atomic E-state index is 12.9. The SMILES string of the molecule is CC1c2ccccc2CC2Cc3ccccc3C(=O)C21. The predicted octanol–water partition coefficient (Wildman–Crippen LogP) is 4.02. The zero-order chi connectivity index (χ0) is 13.7. The molecule has 0 spiro atoms. The van der Waals surface area contributed by atoms with Crippen LogP contribution in [0.15, 0.2) is 48.5 Å². The highest BCUT2D eigenvalue weighted by Crippen LogP contribution is 2.45. The van der Waals surface area contributed by atoms with Gasteiger partial charge in [0.05, 0.1) is 0 Å². The van der Waals surface area contributed by atoms with Crippen LogP contribution in [0.5, 0.6) is 0 Å². The summed E-state index contributed by atoms with van der Waals surface area (Å²) < 4.78 is 0. The van der Waals surface area contributed by atoms with Crippen molar-refractivity contribution in [1.29, 1.82) is 0 Å². The second-order valence-electron chi connectivity index (χ2n) is 6.20. The highest BCUT2D eigenvalue weighted by Gasteiger charge is 2.42. The van der Waals surface area contributed by atoms with Crippen LogP contribution in [0, 0.1) is 11.8 Å². The molecule has 2 aromatic carbocycles. The minimum atomic E-state index is 0.166. The molecule has 0 amide bonds. The van der Waals surface area contributed by atoms with E-state index in [4.69, 9.17) is 0 Å². The number of carbonyl (C=O) groups is 1. The third kappa shape index (κ3) is 1.59. The number of rotatable bonds is 0. The van der Waals surface area contributed by atoms with Crippen molar-refractivity contribution in [2.24, 2.45) is 11.8 Å². The van der Waals surface area contributed by atoms with Gasteiger partial charge in [-0.15, -0.1) is 0 Å². The number of ketones is 1. The van der Waals surface area contributed by atoms with Crippen LogP contribution in [0.25, 0.3) is 0 Å². The Labute approximate surface area is 119 Å². The molecule has 0 aromatic heterocycles. The zero-order valence-electron chi connectivity index (χ0n) is 11.7. The van der Waals surface area contributed by atoms with Gasteiger partial charge in [-0.05, 0) is 41.4 Å². The lowest BCUT2D eigenvalue weighted by Gasteiger charge is -2.40. The summed E-state index contributed by atoms with van der Waals surface area (Å²) in [6, 6.07) is 16.8. The van der Waals surface area contributed by atoms with E-state index in [-0.39, 0.29) is 5.92 Å². The third-order valence-electron chi connectivity index (χ3n) is 5.14. The lowest BCUT2D eigenvalue weighted by Crippen LogP contribution is -2.39. The van der Waals surface area contributed by atoms with Gasteiger partial charge in [-0.1, -0.05) is 55.5 Å². The average molecular weight is 262 g/mol. The number of fused-ring (bicyclic) bond motifs is 3. The first-order valence-corrected chi connectivity index (χ1v) is 7.45. The van der Waals surface area contributed by atoms with Crippen LogP contribution < -0.4 is 0 Å². The van der Waals surface area contributed by atoms with Crippen molar-refractivity contribution in [1.82, 2.24) is 0 Å². The molecular weight excluding hydrogens is 244 g/mol. The monoisotopic (exact) mass is 262 g/mol. The van der Waals surface area contributed by atoms with E-state index in [1.54, 1.807) is 0 Å². The molecule has 0 heterocycles. The molecule has 2 aromatic rings. The first kappa shape index (κ1) is 11.9. The van der Waals surface area contributed by atoms with Crippen LogP contribution in [0.3, 0.4) is 0 Å². The van der Waals surface area contributed by atoms with Crippen molar-refractivity contribution < 1.29 is 4.79 Å². The Morgan fingerprint density at radius 3 is 2.40 bits per heavy atom. The number of Topliss-reactive ketones (excluding diaryl/α,β-unsaturated/α-hetero) is 1. The Morgan fingerprint density at radius 1 is 0.900 bits per heavy atom. The van der Waals surface area contributed by atoms with Crippen molar-refractivity contribution in [3.63, 3.8) is 0 Å². The standard InChI is InChI=1S/C19H18O/c1-12-16-8-4-2-6-13(16)10-15-11-14-7-3-5-9-17(14)19(20)18(12)15/h2-9,12,15,18H,10-11H2,1H3. The van der Waals surface area contributed by atoms with Crippen LogP contribution in [-0.2, 0) is 12.8 Å². The quantitative estimate of drug-likeness (QED) is 0.701. The molecule has 3 unspecified atom stereocenters. The number of benzene rings is 2. The summed E-state index contributed by atoms with van der Waals surface area (Å²) in [5, 5.41) is 0. The molecule has 20 heavy (non-hydrogen) atoms. The van der Waals surface area contributed by atoms with E-state index in [0.29, 0.717) is 17.6 Å². The molecule has 4 rings (SSSR count). The lowest BCUT2D eigenvalue weighted by molar-refractivity contribution is 0.0812. The first-order valence-electron chi connectivity index (χ1n) is 7.45. The van der Waals surface area contributed by atoms with Crippen LogP contribution in [0.1, 0.15) is 39.9 Å². The smallest absolute Gasteiger partial charge is 0.167 e. The van der Waals surface area contributed by atoms with Crippen molar-refractivity contribution in [2.75, 3.05) is 0 Å². The van der Waals surface area contributed by atoms with Gasteiger partial charge in [0.2, 0.25) is 0 Å². The van der Waals surface area contributed by atoms with Gasteiger partial charge in [-0.3, -0.25) is 4.79 Å². The third-order valence-corrected chi connectivity index (χ3v) is 5.14. The van der Waals surface area contributed by atoms with Crippen molar-refractivity contribution in [2.45, 2.75) is 25.7 Å². The van der Waals surface area contributed by atoms with Crippen molar-refractivity contribution >= 4 is 5.78 Å². The molecule has 2 aliphatic rings. The van der Waals surface area contributed by atoms with Gasteiger partial charge in [-0.2, -0.15) is 0 Å². The Hall–Kier alpha value is -1.89. The molecule has 0 aliphatic heterocycles. The van der Waals surface area contributed by atoms with Crippen LogP contribution in [-0.4, -0.2) is 5.78 Å². The second kappa shape index (κ2) is 4.31. The van der Waals surface area contributed by atoms with Gasteiger partial charge < -0.3 is 0 Å². The Kier molecular flexibility index (Phi) is 2.56. The fourth-order valence-electron chi connectivity index (χ4n) is 4.22. The molecule has 3 atom stereocenters. The van der Waals surface area contributed by atoms with E-state index in [1.807, 2.05) is 18.2 Å². The predicted molar refractivity (Wildman–Crippen MR) is 80.0 cm³/mol. The van der Waals surface area contributed by atoms with Crippen LogP contribution in [0.4, 0.5) is 0 Å². The van der Waals surface area contributed by atoms with Crippen LogP contribution in [0.2, 0.25) is 0 Å². The van der Waals surface area contributed by atoms with E-state index in [2.05, 4.69) is 37.3 Å². The Morgan fingerprint density at radius 2 is 1.55 bits per heavy atom.